The number of likely N-dealkylation sites (N-methyl/N-ethyl adjacent to an activating group) is 1. The van der Waals surface area contributed by atoms with E-state index in [4.69, 9.17) is 0 Å². The molecule has 2 saturated heterocycles. The van der Waals surface area contributed by atoms with Crippen molar-refractivity contribution in [2.24, 2.45) is 11.8 Å². The quantitative estimate of drug-likeness (QED) is 0.825. The molecule has 1 N–H and O–H groups in total. The zero-order chi connectivity index (χ0) is 14.3. The van der Waals surface area contributed by atoms with Crippen LogP contribution < -0.4 is 0 Å². The monoisotopic (exact) mass is 280 g/mol. The number of aliphatic carboxylic acids is 1. The molecular weight excluding hydrogens is 256 g/mol. The number of hydrogen-bond donors (Lipinski definition) is 1. The minimum Gasteiger partial charge on any atom is -0.481 e. The Kier molecular flexibility index (Phi) is 3.71. The van der Waals surface area contributed by atoms with Gasteiger partial charge in [-0.05, 0) is 39.2 Å². The van der Waals surface area contributed by atoms with Crippen LogP contribution in [-0.2, 0) is 9.59 Å². The SMILES string of the molecule is CN1C2CCC1CN(C(=O)[C@@H]1CCC[C@@H]1C(=O)O)CC2. The molecular formula is C15H24N2O3. The topological polar surface area (TPSA) is 60.9 Å². The molecule has 2 heterocycles. The van der Waals surface area contributed by atoms with Gasteiger partial charge in [0, 0.05) is 25.2 Å². The summed E-state index contributed by atoms with van der Waals surface area (Å²) in [5.74, 6) is -1.44. The van der Waals surface area contributed by atoms with E-state index in [1.165, 1.54) is 6.42 Å². The molecule has 0 aromatic heterocycles. The summed E-state index contributed by atoms with van der Waals surface area (Å²) in [5, 5.41) is 9.25. The number of carbonyl (C=O) groups excluding carboxylic acids is 1. The highest BCUT2D eigenvalue weighted by Crippen LogP contribution is 2.35. The molecule has 5 heteroatoms. The fourth-order valence-electron chi connectivity index (χ4n) is 4.29. The summed E-state index contributed by atoms with van der Waals surface area (Å²) in [6.45, 7) is 1.59. The highest BCUT2D eigenvalue weighted by Gasteiger charge is 2.42. The number of rotatable bonds is 2. The standard InChI is InChI=1S/C15H24N2O3/c1-16-10-5-6-11(16)9-17(8-7-10)14(18)12-3-2-4-13(12)15(19)20/h10-13H,2-9H2,1H3,(H,19,20)/t10?,11?,12-,13+/m1/s1. The number of hydrogen-bond acceptors (Lipinski definition) is 3. The fourth-order valence-corrected chi connectivity index (χ4v) is 4.29. The van der Waals surface area contributed by atoms with Crippen LogP contribution in [-0.4, -0.2) is 59.0 Å². The lowest BCUT2D eigenvalue weighted by Crippen LogP contribution is -2.44. The van der Waals surface area contributed by atoms with Gasteiger partial charge in [0.15, 0.2) is 0 Å². The molecule has 0 spiro atoms. The number of carbonyl (C=O) groups is 2. The predicted molar refractivity (Wildman–Crippen MR) is 74.2 cm³/mol. The van der Waals surface area contributed by atoms with Gasteiger partial charge in [0.1, 0.15) is 0 Å². The normalized spacial score (nSPS) is 38.0. The van der Waals surface area contributed by atoms with Crippen molar-refractivity contribution >= 4 is 11.9 Å². The van der Waals surface area contributed by atoms with Crippen molar-refractivity contribution in [2.45, 2.75) is 50.6 Å². The maximum atomic E-state index is 12.7. The molecule has 2 aliphatic heterocycles. The highest BCUT2D eigenvalue weighted by molar-refractivity contribution is 5.85. The number of nitrogens with zero attached hydrogens (tertiary/aromatic N) is 2. The number of carboxylic acid groups (broad SMARTS) is 1. The lowest BCUT2D eigenvalue weighted by Gasteiger charge is -2.29. The highest BCUT2D eigenvalue weighted by atomic mass is 16.4. The lowest BCUT2D eigenvalue weighted by atomic mass is 9.94. The van der Waals surface area contributed by atoms with E-state index in [0.29, 0.717) is 18.5 Å². The summed E-state index contributed by atoms with van der Waals surface area (Å²) in [7, 11) is 2.16. The molecule has 112 valence electrons. The first-order valence-corrected chi connectivity index (χ1v) is 7.81. The van der Waals surface area contributed by atoms with E-state index < -0.39 is 11.9 Å². The van der Waals surface area contributed by atoms with E-state index in [9.17, 15) is 14.7 Å². The van der Waals surface area contributed by atoms with Gasteiger partial charge in [0.25, 0.3) is 0 Å². The molecule has 0 aromatic rings. The van der Waals surface area contributed by atoms with Gasteiger partial charge >= 0.3 is 5.97 Å². The molecule has 1 aliphatic carbocycles. The van der Waals surface area contributed by atoms with Crippen molar-refractivity contribution in [3.8, 4) is 0 Å². The van der Waals surface area contributed by atoms with E-state index >= 15 is 0 Å². The first kappa shape index (κ1) is 13.9. The van der Waals surface area contributed by atoms with Crippen LogP contribution in [0.5, 0.6) is 0 Å². The molecule has 2 unspecified atom stereocenters. The van der Waals surface area contributed by atoms with Gasteiger partial charge in [-0.1, -0.05) is 6.42 Å². The van der Waals surface area contributed by atoms with E-state index in [1.807, 2.05) is 4.90 Å². The van der Waals surface area contributed by atoms with Crippen LogP contribution in [0.4, 0.5) is 0 Å². The van der Waals surface area contributed by atoms with Crippen LogP contribution in [0, 0.1) is 11.8 Å². The zero-order valence-corrected chi connectivity index (χ0v) is 12.1. The summed E-state index contributed by atoms with van der Waals surface area (Å²) in [5.41, 5.74) is 0. The molecule has 1 saturated carbocycles. The molecule has 3 rings (SSSR count). The van der Waals surface area contributed by atoms with Gasteiger partial charge in [-0.2, -0.15) is 0 Å². The van der Waals surface area contributed by atoms with E-state index in [0.717, 1.165) is 38.8 Å². The molecule has 20 heavy (non-hydrogen) atoms. The van der Waals surface area contributed by atoms with Crippen molar-refractivity contribution in [2.75, 3.05) is 20.1 Å². The number of likely N-dealkylation sites (tertiary alicyclic amines) is 1. The largest absolute Gasteiger partial charge is 0.481 e. The van der Waals surface area contributed by atoms with Crippen LogP contribution in [0.1, 0.15) is 38.5 Å². The van der Waals surface area contributed by atoms with Crippen molar-refractivity contribution in [1.29, 1.82) is 0 Å². The molecule has 4 atom stereocenters. The number of fused-ring (bicyclic) bond motifs is 2. The van der Waals surface area contributed by atoms with Gasteiger partial charge in [-0.25, -0.2) is 0 Å². The van der Waals surface area contributed by atoms with Crippen LogP contribution in [0.25, 0.3) is 0 Å². The zero-order valence-electron chi connectivity index (χ0n) is 12.1. The Morgan fingerprint density at radius 3 is 2.45 bits per heavy atom. The maximum Gasteiger partial charge on any atom is 0.307 e. The van der Waals surface area contributed by atoms with E-state index in [-0.39, 0.29) is 11.8 Å². The van der Waals surface area contributed by atoms with Crippen molar-refractivity contribution in [1.82, 2.24) is 9.80 Å². The fraction of sp³-hybridized carbons (Fsp3) is 0.867. The molecule has 2 bridgehead atoms. The number of carboxylic acids is 1. The third-order valence-electron chi connectivity index (χ3n) is 5.61. The first-order chi connectivity index (χ1) is 9.58. The molecule has 5 nitrogen and oxygen atoms in total. The first-order valence-electron chi connectivity index (χ1n) is 7.81. The average molecular weight is 280 g/mol. The minimum atomic E-state index is -0.797. The van der Waals surface area contributed by atoms with Crippen LogP contribution >= 0.6 is 0 Å². The Morgan fingerprint density at radius 1 is 1.00 bits per heavy atom. The van der Waals surface area contributed by atoms with Crippen LogP contribution in [0.2, 0.25) is 0 Å². The second-order valence-electron chi connectivity index (χ2n) is 6.61. The van der Waals surface area contributed by atoms with E-state index in [1.54, 1.807) is 0 Å². The maximum absolute atomic E-state index is 12.7. The van der Waals surface area contributed by atoms with Gasteiger partial charge in [-0.3, -0.25) is 14.5 Å². The smallest absolute Gasteiger partial charge is 0.307 e. The minimum absolute atomic E-state index is 0.0934. The Labute approximate surface area is 119 Å². The van der Waals surface area contributed by atoms with Crippen molar-refractivity contribution in [3.05, 3.63) is 0 Å². The van der Waals surface area contributed by atoms with E-state index in [2.05, 4.69) is 11.9 Å². The van der Waals surface area contributed by atoms with Gasteiger partial charge in [0.2, 0.25) is 5.91 Å². The third kappa shape index (κ3) is 2.32. The molecule has 0 aromatic carbocycles. The van der Waals surface area contributed by atoms with Crippen LogP contribution in [0.15, 0.2) is 0 Å². The average Bonchev–Trinajstić information content (AvgIpc) is 2.95. The second-order valence-corrected chi connectivity index (χ2v) is 6.61. The van der Waals surface area contributed by atoms with Gasteiger partial charge < -0.3 is 10.0 Å². The molecule has 3 fully saturated rings. The Balaban J connectivity index is 1.69. The Hall–Kier alpha value is -1.10. The summed E-state index contributed by atoms with van der Waals surface area (Å²) >= 11 is 0. The second kappa shape index (κ2) is 5.35. The lowest BCUT2D eigenvalue weighted by molar-refractivity contribution is -0.149. The summed E-state index contributed by atoms with van der Waals surface area (Å²) < 4.78 is 0. The number of amides is 1. The van der Waals surface area contributed by atoms with Gasteiger partial charge in [0.05, 0.1) is 11.8 Å². The molecule has 0 radical (unpaired) electrons. The summed E-state index contributed by atoms with van der Waals surface area (Å²) in [6.07, 6.45) is 5.71. The summed E-state index contributed by atoms with van der Waals surface area (Å²) in [4.78, 5) is 28.3. The Morgan fingerprint density at radius 2 is 1.70 bits per heavy atom. The Bertz CT molecular complexity index is 412. The van der Waals surface area contributed by atoms with Crippen molar-refractivity contribution < 1.29 is 14.7 Å². The molecule has 3 aliphatic rings. The third-order valence-corrected chi connectivity index (χ3v) is 5.61. The van der Waals surface area contributed by atoms with Crippen LogP contribution in [0.3, 0.4) is 0 Å². The summed E-state index contributed by atoms with van der Waals surface area (Å²) in [6, 6.07) is 1.08. The predicted octanol–water partition coefficient (Wildman–Crippen LogP) is 1.18. The van der Waals surface area contributed by atoms with Gasteiger partial charge in [-0.15, -0.1) is 0 Å². The molecule has 1 amide bonds. The van der Waals surface area contributed by atoms with Crippen molar-refractivity contribution in [3.63, 3.8) is 0 Å².